The van der Waals surface area contributed by atoms with Gasteiger partial charge in [0.15, 0.2) is 5.65 Å². The first-order valence-electron chi connectivity index (χ1n) is 11.5. The van der Waals surface area contributed by atoms with Crippen LogP contribution >= 0.6 is 0 Å². The van der Waals surface area contributed by atoms with Gasteiger partial charge in [0.1, 0.15) is 35.0 Å². The van der Waals surface area contributed by atoms with Crippen molar-refractivity contribution in [2.75, 3.05) is 19.9 Å². The molecule has 3 heterocycles. The molecule has 10 nitrogen and oxygen atoms in total. The van der Waals surface area contributed by atoms with Gasteiger partial charge in [-0.15, -0.1) is 0 Å². The van der Waals surface area contributed by atoms with Crippen LogP contribution in [0.2, 0.25) is 0 Å². The van der Waals surface area contributed by atoms with Crippen LogP contribution in [0, 0.1) is 6.92 Å². The number of nitrogens with zero attached hydrogens (tertiary/aromatic N) is 4. The molecule has 1 unspecified atom stereocenters. The Labute approximate surface area is 194 Å². The maximum Gasteiger partial charge on any atom is 0.158 e. The van der Waals surface area contributed by atoms with Crippen molar-refractivity contribution < 1.29 is 18.3 Å². The van der Waals surface area contributed by atoms with Crippen LogP contribution in [0.3, 0.4) is 0 Å². The Bertz CT molecular complexity index is 1500. The van der Waals surface area contributed by atoms with Crippen LogP contribution in [0.5, 0.6) is 23.0 Å². The maximum absolute atomic E-state index is 7.72. The molecule has 2 aromatic carbocycles. The van der Waals surface area contributed by atoms with E-state index in [4.69, 9.17) is 29.8 Å². The molecule has 0 spiro atoms. The third kappa shape index (κ3) is 3.37. The maximum atomic E-state index is 7.72. The van der Waals surface area contributed by atoms with Crippen LogP contribution in [0.1, 0.15) is 20.8 Å². The fourth-order valence-corrected chi connectivity index (χ4v) is 3.85. The van der Waals surface area contributed by atoms with Crippen LogP contribution in [0.15, 0.2) is 53.9 Å². The van der Waals surface area contributed by atoms with Crippen LogP contribution in [0.25, 0.3) is 5.65 Å². The minimum atomic E-state index is -2.75. The lowest BCUT2D eigenvalue weighted by atomic mass is 9.87. The van der Waals surface area contributed by atoms with E-state index in [0.717, 1.165) is 0 Å². The van der Waals surface area contributed by atoms with Gasteiger partial charge in [-0.25, -0.2) is 14.5 Å². The number of rotatable bonds is 5. The average Bonchev–Trinajstić information content (AvgIpc) is 3.28. The number of anilines is 1. The molecule has 0 amide bonds. The molecule has 2 aromatic heterocycles. The highest BCUT2D eigenvalue weighted by Gasteiger charge is 2.37. The zero-order valence-electron chi connectivity index (χ0n) is 20.9. The summed E-state index contributed by atoms with van der Waals surface area (Å²) in [5.41, 5.74) is 14.6. The van der Waals surface area contributed by atoms with Gasteiger partial charge < -0.3 is 31.0 Å². The minimum Gasteiger partial charge on any atom is -0.496 e. The Balaban J connectivity index is 1.63. The summed E-state index contributed by atoms with van der Waals surface area (Å²) in [6.45, 7) is 1.82. The summed E-state index contributed by atoms with van der Waals surface area (Å²) in [5.74, 6) is 1.31. The van der Waals surface area contributed by atoms with Crippen molar-refractivity contribution in [3.63, 3.8) is 0 Å². The summed E-state index contributed by atoms with van der Waals surface area (Å²) in [6, 6.07) is 9.95. The van der Waals surface area contributed by atoms with E-state index in [0.29, 0.717) is 51.0 Å². The highest BCUT2D eigenvalue weighted by molar-refractivity contribution is 5.76. The predicted molar refractivity (Wildman–Crippen MR) is 124 cm³/mol. The minimum absolute atomic E-state index is 0.00444. The number of nitrogens with two attached hydrogens (primary N) is 2. The van der Waals surface area contributed by atoms with E-state index in [9.17, 15) is 0 Å². The van der Waals surface area contributed by atoms with Gasteiger partial charge in [-0.2, -0.15) is 5.10 Å². The number of benzene rings is 2. The van der Waals surface area contributed by atoms with Gasteiger partial charge in [0.2, 0.25) is 0 Å². The second kappa shape index (κ2) is 7.68. The molecule has 10 heteroatoms. The van der Waals surface area contributed by atoms with Crippen molar-refractivity contribution in [3.8, 4) is 23.0 Å². The molecule has 33 heavy (non-hydrogen) atoms. The highest BCUT2D eigenvalue weighted by atomic mass is 16.5. The molecule has 0 radical (unpaired) electrons. The topological polar surface area (TPSA) is 134 Å². The number of aliphatic imine (C=N–C) groups is 1. The van der Waals surface area contributed by atoms with E-state index in [-0.39, 0.29) is 5.75 Å². The van der Waals surface area contributed by atoms with Gasteiger partial charge in [0.25, 0.3) is 0 Å². The Morgan fingerprint density at radius 1 is 1.09 bits per heavy atom. The normalized spacial score (nSPS) is 18.6. The Kier molecular flexibility index (Phi) is 4.02. The third-order valence-corrected chi connectivity index (χ3v) is 5.56. The summed E-state index contributed by atoms with van der Waals surface area (Å²) >= 11 is 0. The molecule has 1 aliphatic heterocycles. The molecular weight excluding hydrogens is 422 g/mol. The second-order valence-corrected chi connectivity index (χ2v) is 7.57. The number of fused-ring (bicyclic) bond motifs is 2. The number of nitrogens with one attached hydrogen (secondary N) is 1. The van der Waals surface area contributed by atoms with Gasteiger partial charge in [0, 0.05) is 35.5 Å². The number of aryl methyl sites for hydroxylation is 1. The van der Waals surface area contributed by atoms with Crippen LogP contribution < -0.4 is 31.0 Å². The van der Waals surface area contributed by atoms with Crippen molar-refractivity contribution in [1.29, 1.82) is 0 Å². The zero-order valence-corrected chi connectivity index (χ0v) is 17.9. The molecule has 4 aromatic rings. The van der Waals surface area contributed by atoms with Crippen molar-refractivity contribution >= 4 is 23.4 Å². The largest absolute Gasteiger partial charge is 0.496 e. The van der Waals surface area contributed by atoms with Crippen molar-refractivity contribution in [3.05, 3.63) is 65.6 Å². The highest BCUT2D eigenvalue weighted by Crippen LogP contribution is 2.44. The summed E-state index contributed by atoms with van der Waals surface area (Å²) in [7, 11) is -1.24. The van der Waals surface area contributed by atoms with Gasteiger partial charge in [0.05, 0.1) is 36.0 Å². The predicted octanol–water partition coefficient (Wildman–Crippen LogP) is 2.85. The number of ether oxygens (including phenoxy) is 3. The quantitative estimate of drug-likeness (QED) is 0.397. The number of hydrogen-bond donors (Lipinski definition) is 3. The summed E-state index contributed by atoms with van der Waals surface area (Å²) in [6.07, 6.45) is 4.57. The summed E-state index contributed by atoms with van der Waals surface area (Å²) in [5, 5.41) is 7.10. The molecule has 1 aliphatic rings. The lowest BCUT2D eigenvalue weighted by Crippen LogP contribution is -2.52. The zero-order chi connectivity index (χ0) is 25.7. The molecule has 0 bridgehead atoms. The third-order valence-electron chi connectivity index (χ3n) is 5.56. The molecular formula is C23H23N7O3. The van der Waals surface area contributed by atoms with Gasteiger partial charge >= 0.3 is 0 Å². The number of hydrogen-bond acceptors (Lipinski definition) is 9. The van der Waals surface area contributed by atoms with E-state index in [1.165, 1.54) is 25.8 Å². The van der Waals surface area contributed by atoms with Gasteiger partial charge in [-0.3, -0.25) is 0 Å². The second-order valence-electron chi connectivity index (χ2n) is 7.57. The van der Waals surface area contributed by atoms with Gasteiger partial charge in [-0.05, 0) is 30.7 Å². The molecule has 0 saturated carbocycles. The van der Waals surface area contributed by atoms with E-state index >= 15 is 0 Å². The van der Waals surface area contributed by atoms with Crippen molar-refractivity contribution in [2.24, 2.45) is 10.7 Å². The molecule has 168 valence electrons. The first-order chi connectivity index (χ1) is 17.1. The van der Waals surface area contributed by atoms with E-state index < -0.39 is 12.7 Å². The lowest BCUT2D eigenvalue weighted by molar-refractivity contribution is 0.382. The number of nitrogen functional groups attached to an aromatic ring is 1. The fraction of sp³-hybridized carbons (Fsp3) is 0.174. The molecule has 0 fully saturated rings. The molecule has 0 saturated heterocycles. The average molecular weight is 449 g/mol. The van der Waals surface area contributed by atoms with Gasteiger partial charge in [-0.1, -0.05) is 0 Å². The Morgan fingerprint density at radius 3 is 2.79 bits per heavy atom. The van der Waals surface area contributed by atoms with E-state index in [1.807, 2.05) is 6.92 Å². The van der Waals surface area contributed by atoms with Crippen LogP contribution in [0.4, 0.5) is 11.4 Å². The Hall–Kier alpha value is -4.31. The molecule has 1 atom stereocenters. The monoisotopic (exact) mass is 448 g/mol. The fourth-order valence-electron chi connectivity index (χ4n) is 3.85. The van der Waals surface area contributed by atoms with E-state index in [2.05, 4.69) is 20.4 Å². The molecule has 5 rings (SSSR count). The van der Waals surface area contributed by atoms with E-state index in [1.54, 1.807) is 41.0 Å². The van der Waals surface area contributed by atoms with Crippen molar-refractivity contribution in [2.45, 2.75) is 12.6 Å². The molecule has 5 N–H and O–H groups in total. The standard InChI is InChI=1S/C23H23N7O3/c1-13-6-16(23(25)15-8-17(24)21(32-3)9-18(15)26-11-28-23)20(31-2)10-19(13)33-14-4-5-30-22(7-14)27-12-29-30/h4-12H,24-25H2,1-3H3,(H,26,28)/i2D3. The first-order valence-corrected chi connectivity index (χ1v) is 9.96. The smallest absolute Gasteiger partial charge is 0.158 e. The number of aromatic nitrogens is 3. The Morgan fingerprint density at radius 2 is 1.97 bits per heavy atom. The van der Waals surface area contributed by atoms with Crippen LogP contribution in [-0.2, 0) is 5.66 Å². The summed E-state index contributed by atoms with van der Waals surface area (Å²) < 4.78 is 41.5. The number of pyridine rings is 1. The lowest BCUT2D eigenvalue weighted by Gasteiger charge is -2.36. The SMILES string of the molecule is [2H]C([2H])([2H])Oc1cc(Oc2ccn3ncnc3c2)c(C)cc1C1(N)NC=Nc2cc(OC)c(N)cc21. The summed E-state index contributed by atoms with van der Waals surface area (Å²) in [4.78, 5) is 8.49. The first kappa shape index (κ1) is 17.3. The van der Waals surface area contributed by atoms with Crippen LogP contribution in [-0.4, -0.2) is 35.1 Å². The van der Waals surface area contributed by atoms with Crippen molar-refractivity contribution in [1.82, 2.24) is 19.9 Å². The molecule has 0 aliphatic carbocycles. The number of methoxy groups -OCH3 is 2.